The minimum atomic E-state index is -0.0873. The number of hydrogen-bond donors (Lipinski definition) is 0. The van der Waals surface area contributed by atoms with Gasteiger partial charge in [0.2, 0.25) is 0 Å². The van der Waals surface area contributed by atoms with E-state index in [4.69, 9.17) is 5.26 Å². The van der Waals surface area contributed by atoms with E-state index in [-0.39, 0.29) is 5.78 Å². The number of benzene rings is 1. The molecule has 0 heterocycles. The second-order valence-corrected chi connectivity index (χ2v) is 4.58. The monoisotopic (exact) mass is 349 g/mol. The summed E-state index contributed by atoms with van der Waals surface area (Å²) >= 11 is 5.35. The largest absolute Gasteiger partial charge is 0.294 e. The molecule has 0 aliphatic rings. The van der Waals surface area contributed by atoms with E-state index >= 15 is 0 Å². The highest BCUT2D eigenvalue weighted by molar-refractivity contribution is 14.1. The van der Waals surface area contributed by atoms with Crippen LogP contribution in [0.1, 0.15) is 22.8 Å². The Morgan fingerprint density at radius 2 is 2.23 bits per heavy atom. The number of rotatable bonds is 1. The third-order valence-corrected chi connectivity index (χ3v) is 2.79. The summed E-state index contributed by atoms with van der Waals surface area (Å²) < 4.78 is 1.61. The molecule has 1 aromatic carbocycles. The molecule has 0 bridgehead atoms. The summed E-state index contributed by atoms with van der Waals surface area (Å²) in [5.74, 6) is -0.0873. The Hall–Kier alpha value is -0.410. The maximum absolute atomic E-state index is 11.2. The molecule has 0 unspecified atom stereocenters. The number of halogens is 2. The molecule has 13 heavy (non-hydrogen) atoms. The van der Waals surface area contributed by atoms with E-state index in [1.165, 1.54) is 6.92 Å². The highest BCUT2D eigenvalue weighted by Gasteiger charge is 2.11. The van der Waals surface area contributed by atoms with Crippen molar-refractivity contribution in [1.29, 1.82) is 5.26 Å². The Bertz CT molecular complexity index is 409. The van der Waals surface area contributed by atoms with Crippen molar-refractivity contribution in [2.45, 2.75) is 6.92 Å². The quantitative estimate of drug-likeness (QED) is 0.577. The summed E-state index contributed by atoms with van der Waals surface area (Å²) in [4.78, 5) is 11.2. The maximum atomic E-state index is 11.2. The molecule has 4 heteroatoms. The van der Waals surface area contributed by atoms with Gasteiger partial charge in [0.25, 0.3) is 0 Å². The molecule has 0 fully saturated rings. The first-order valence-electron chi connectivity index (χ1n) is 3.46. The van der Waals surface area contributed by atoms with Crippen LogP contribution < -0.4 is 0 Å². The predicted molar refractivity (Wildman–Crippen MR) is 61.6 cm³/mol. The molecule has 2 nitrogen and oxygen atoms in total. The molecule has 1 rings (SSSR count). The molecule has 1 aromatic rings. The van der Waals surface area contributed by atoms with Gasteiger partial charge in [-0.25, -0.2) is 0 Å². The van der Waals surface area contributed by atoms with E-state index in [0.717, 1.165) is 3.57 Å². The fourth-order valence-electron chi connectivity index (χ4n) is 0.965. The standard InChI is InChI=1S/C9H5BrINO/c1-5(13)7-2-6(11)3-9(10)8(7)4-12/h2-3H,1H3. The minimum Gasteiger partial charge on any atom is -0.294 e. The van der Waals surface area contributed by atoms with E-state index in [9.17, 15) is 4.79 Å². The van der Waals surface area contributed by atoms with E-state index in [2.05, 4.69) is 38.5 Å². The molecule has 0 radical (unpaired) electrons. The van der Waals surface area contributed by atoms with Crippen molar-refractivity contribution >= 4 is 44.3 Å². The second-order valence-electron chi connectivity index (χ2n) is 2.48. The SMILES string of the molecule is CC(=O)c1cc(I)cc(Br)c1C#N. The van der Waals surface area contributed by atoms with Crippen LogP contribution in [0.3, 0.4) is 0 Å². The Labute approximate surface area is 98.2 Å². The number of hydrogen-bond acceptors (Lipinski definition) is 2. The molecule has 0 atom stereocenters. The lowest BCUT2D eigenvalue weighted by atomic mass is 10.1. The average Bonchev–Trinajstić information content (AvgIpc) is 2.02. The van der Waals surface area contributed by atoms with E-state index in [1.807, 2.05) is 12.1 Å². The number of nitrogens with zero attached hydrogens (tertiary/aromatic N) is 1. The minimum absolute atomic E-state index is 0.0873. The highest BCUT2D eigenvalue weighted by atomic mass is 127. The Morgan fingerprint density at radius 1 is 1.62 bits per heavy atom. The summed E-state index contributed by atoms with van der Waals surface area (Å²) in [6.07, 6.45) is 0. The van der Waals surface area contributed by atoms with Crippen LogP contribution in [-0.4, -0.2) is 5.78 Å². The fourth-order valence-corrected chi connectivity index (χ4v) is 2.56. The topological polar surface area (TPSA) is 40.9 Å². The van der Waals surface area contributed by atoms with Gasteiger partial charge in [0.15, 0.2) is 5.78 Å². The van der Waals surface area contributed by atoms with Crippen LogP contribution in [0.25, 0.3) is 0 Å². The molecule has 0 saturated heterocycles. The molecule has 66 valence electrons. The van der Waals surface area contributed by atoms with Crippen molar-refractivity contribution < 1.29 is 4.79 Å². The van der Waals surface area contributed by atoms with Crippen LogP contribution >= 0.6 is 38.5 Å². The molecular weight excluding hydrogens is 345 g/mol. The second kappa shape index (κ2) is 4.20. The first-order chi connectivity index (χ1) is 6.06. The van der Waals surface area contributed by atoms with Crippen LogP contribution in [-0.2, 0) is 0 Å². The molecular formula is C9H5BrINO. The van der Waals surface area contributed by atoms with Gasteiger partial charge in [-0.1, -0.05) is 0 Å². The number of carbonyl (C=O) groups excluding carboxylic acids is 1. The van der Waals surface area contributed by atoms with Crippen LogP contribution in [0.2, 0.25) is 0 Å². The first kappa shape index (κ1) is 10.7. The molecule has 0 spiro atoms. The summed E-state index contributed by atoms with van der Waals surface area (Å²) in [6, 6.07) is 5.53. The fraction of sp³-hybridized carbons (Fsp3) is 0.111. The van der Waals surface area contributed by atoms with E-state index < -0.39 is 0 Å². The van der Waals surface area contributed by atoms with E-state index in [0.29, 0.717) is 15.6 Å². The lowest BCUT2D eigenvalue weighted by Crippen LogP contribution is -1.98. The van der Waals surface area contributed by atoms with E-state index in [1.54, 1.807) is 6.07 Å². The highest BCUT2D eigenvalue weighted by Crippen LogP contribution is 2.23. The zero-order chi connectivity index (χ0) is 10.0. The van der Waals surface area contributed by atoms with Gasteiger partial charge in [-0.2, -0.15) is 5.26 Å². The summed E-state index contributed by atoms with van der Waals surface area (Å²) in [6.45, 7) is 1.46. The van der Waals surface area contributed by atoms with Crippen LogP contribution in [0.5, 0.6) is 0 Å². The van der Waals surface area contributed by atoms with Gasteiger partial charge in [0, 0.05) is 13.6 Å². The molecule has 0 aromatic heterocycles. The Balaban J connectivity index is 3.50. The molecule has 0 saturated carbocycles. The Kier molecular flexibility index (Phi) is 3.45. The van der Waals surface area contributed by atoms with Crippen molar-refractivity contribution in [2.24, 2.45) is 0 Å². The van der Waals surface area contributed by atoms with Crippen molar-refractivity contribution in [3.8, 4) is 6.07 Å². The zero-order valence-electron chi connectivity index (χ0n) is 6.77. The molecule has 0 amide bonds. The molecule has 0 aliphatic heterocycles. The third kappa shape index (κ3) is 2.29. The van der Waals surface area contributed by atoms with Crippen molar-refractivity contribution in [3.63, 3.8) is 0 Å². The average molecular weight is 350 g/mol. The number of ketones is 1. The number of nitriles is 1. The molecule has 0 N–H and O–H groups in total. The van der Waals surface area contributed by atoms with Gasteiger partial charge in [-0.3, -0.25) is 4.79 Å². The lowest BCUT2D eigenvalue weighted by molar-refractivity contribution is 0.101. The maximum Gasteiger partial charge on any atom is 0.161 e. The Morgan fingerprint density at radius 3 is 2.69 bits per heavy atom. The van der Waals surface area contributed by atoms with Crippen molar-refractivity contribution in [3.05, 3.63) is 31.3 Å². The van der Waals surface area contributed by atoms with Gasteiger partial charge >= 0.3 is 0 Å². The van der Waals surface area contributed by atoms with Gasteiger partial charge < -0.3 is 0 Å². The van der Waals surface area contributed by atoms with Gasteiger partial charge in [-0.15, -0.1) is 0 Å². The summed E-state index contributed by atoms with van der Waals surface area (Å²) in [7, 11) is 0. The predicted octanol–water partition coefficient (Wildman–Crippen LogP) is 3.13. The normalized spacial score (nSPS) is 9.38. The van der Waals surface area contributed by atoms with Crippen LogP contribution in [0, 0.1) is 14.9 Å². The van der Waals surface area contributed by atoms with Crippen LogP contribution in [0.4, 0.5) is 0 Å². The van der Waals surface area contributed by atoms with Gasteiger partial charge in [0.05, 0.1) is 5.56 Å². The summed E-state index contributed by atoms with van der Waals surface area (Å²) in [5, 5.41) is 8.80. The van der Waals surface area contributed by atoms with Crippen molar-refractivity contribution in [2.75, 3.05) is 0 Å². The summed E-state index contributed by atoms with van der Waals surface area (Å²) in [5.41, 5.74) is 0.884. The zero-order valence-corrected chi connectivity index (χ0v) is 10.5. The van der Waals surface area contributed by atoms with Gasteiger partial charge in [-0.05, 0) is 57.6 Å². The third-order valence-electron chi connectivity index (χ3n) is 1.55. The number of Topliss-reactive ketones (excluding diaryl/α,β-unsaturated/α-hetero) is 1. The van der Waals surface area contributed by atoms with Crippen molar-refractivity contribution in [1.82, 2.24) is 0 Å². The smallest absolute Gasteiger partial charge is 0.161 e. The first-order valence-corrected chi connectivity index (χ1v) is 5.33. The van der Waals surface area contributed by atoms with Gasteiger partial charge in [0.1, 0.15) is 6.07 Å². The lowest BCUT2D eigenvalue weighted by Gasteiger charge is -2.02. The molecule has 0 aliphatic carbocycles. The van der Waals surface area contributed by atoms with Crippen LogP contribution in [0.15, 0.2) is 16.6 Å². The number of carbonyl (C=O) groups is 1.